The Hall–Kier alpha value is -0.570. The van der Waals surface area contributed by atoms with Crippen LogP contribution in [0.4, 0.5) is 0 Å². The van der Waals surface area contributed by atoms with Crippen LogP contribution in [0.2, 0.25) is 0 Å². The van der Waals surface area contributed by atoms with Crippen LogP contribution in [0.3, 0.4) is 0 Å². The zero-order valence-electron chi connectivity index (χ0n) is 5.85. The summed E-state index contributed by atoms with van der Waals surface area (Å²) >= 11 is 0. The van der Waals surface area contributed by atoms with Gasteiger partial charge in [-0.15, -0.1) is 0 Å². The molecule has 0 bridgehead atoms. The van der Waals surface area contributed by atoms with Gasteiger partial charge < -0.3 is 10.8 Å². The minimum absolute atomic E-state index is 0.0451. The van der Waals surface area contributed by atoms with Crippen molar-refractivity contribution < 1.29 is 9.90 Å². The molecule has 0 amide bonds. The van der Waals surface area contributed by atoms with E-state index in [1.165, 1.54) is 0 Å². The van der Waals surface area contributed by atoms with Gasteiger partial charge in [0, 0.05) is 5.54 Å². The predicted molar refractivity (Wildman–Crippen MR) is 35.1 cm³/mol. The Morgan fingerprint density at radius 2 is 2.22 bits per heavy atom. The minimum Gasteiger partial charge on any atom is -0.481 e. The number of carboxylic acid groups (broad SMARTS) is 1. The van der Waals surface area contributed by atoms with Crippen molar-refractivity contribution in [1.82, 2.24) is 0 Å². The van der Waals surface area contributed by atoms with E-state index in [-0.39, 0.29) is 6.42 Å². The molecule has 0 aromatic carbocycles. The molecule has 0 rings (SSSR count). The molecule has 0 aromatic rings. The fourth-order valence-corrected chi connectivity index (χ4v) is 0.470. The van der Waals surface area contributed by atoms with Gasteiger partial charge in [-0.25, -0.2) is 0 Å². The molecule has 3 nitrogen and oxygen atoms in total. The van der Waals surface area contributed by atoms with Crippen LogP contribution in [0.25, 0.3) is 0 Å². The average molecular weight is 131 g/mol. The maximum absolute atomic E-state index is 10.1. The maximum Gasteiger partial charge on any atom is 0.305 e. The van der Waals surface area contributed by atoms with Crippen LogP contribution in [0.15, 0.2) is 0 Å². The summed E-state index contributed by atoms with van der Waals surface area (Å²) < 4.78 is 0. The van der Waals surface area contributed by atoms with Crippen molar-refractivity contribution in [3.8, 4) is 0 Å². The van der Waals surface area contributed by atoms with E-state index in [1.807, 2.05) is 6.92 Å². The van der Waals surface area contributed by atoms with Crippen molar-refractivity contribution in [3.63, 3.8) is 0 Å². The molecule has 0 aromatic heterocycles. The Bertz CT molecular complexity index is 110. The zero-order chi connectivity index (χ0) is 7.49. The summed E-state index contributed by atoms with van der Waals surface area (Å²) in [7, 11) is 0. The quantitative estimate of drug-likeness (QED) is 0.589. The fraction of sp³-hybridized carbons (Fsp3) is 0.833. The Morgan fingerprint density at radius 1 is 1.78 bits per heavy atom. The summed E-state index contributed by atoms with van der Waals surface area (Å²) in [5, 5.41) is 8.30. The van der Waals surface area contributed by atoms with Gasteiger partial charge in [-0.05, 0) is 13.3 Å². The lowest BCUT2D eigenvalue weighted by molar-refractivity contribution is -0.138. The van der Waals surface area contributed by atoms with Crippen molar-refractivity contribution in [2.75, 3.05) is 0 Å². The van der Waals surface area contributed by atoms with Gasteiger partial charge in [0.05, 0.1) is 6.42 Å². The van der Waals surface area contributed by atoms with Gasteiger partial charge >= 0.3 is 5.97 Å². The monoisotopic (exact) mass is 131 g/mol. The van der Waals surface area contributed by atoms with Crippen molar-refractivity contribution in [3.05, 3.63) is 0 Å². The molecule has 3 heteroatoms. The van der Waals surface area contributed by atoms with Crippen LogP contribution >= 0.6 is 0 Å². The molecule has 0 fully saturated rings. The lowest BCUT2D eigenvalue weighted by atomic mass is 9.96. The lowest BCUT2D eigenvalue weighted by Crippen LogP contribution is -2.37. The van der Waals surface area contributed by atoms with Gasteiger partial charge in [0.1, 0.15) is 0 Å². The van der Waals surface area contributed by atoms with Gasteiger partial charge in [0.25, 0.3) is 0 Å². The largest absolute Gasteiger partial charge is 0.481 e. The van der Waals surface area contributed by atoms with Crippen LogP contribution in [-0.2, 0) is 4.79 Å². The van der Waals surface area contributed by atoms with Gasteiger partial charge in [0.2, 0.25) is 0 Å². The van der Waals surface area contributed by atoms with Crippen molar-refractivity contribution in [2.45, 2.75) is 32.2 Å². The van der Waals surface area contributed by atoms with Crippen molar-refractivity contribution in [2.24, 2.45) is 5.73 Å². The highest BCUT2D eigenvalue weighted by atomic mass is 16.4. The van der Waals surface area contributed by atoms with E-state index in [4.69, 9.17) is 10.8 Å². The van der Waals surface area contributed by atoms with Crippen molar-refractivity contribution >= 4 is 5.97 Å². The highest BCUT2D eigenvalue weighted by Crippen LogP contribution is 2.08. The number of rotatable bonds is 3. The summed E-state index contributed by atoms with van der Waals surface area (Å²) in [5.74, 6) is -0.832. The molecule has 0 aliphatic carbocycles. The molecule has 0 saturated carbocycles. The summed E-state index contributed by atoms with van der Waals surface area (Å²) in [6.45, 7) is 3.62. The van der Waals surface area contributed by atoms with Crippen LogP contribution in [0.1, 0.15) is 26.7 Å². The van der Waals surface area contributed by atoms with Crippen LogP contribution in [0, 0.1) is 0 Å². The van der Waals surface area contributed by atoms with E-state index in [1.54, 1.807) is 6.92 Å². The Kier molecular flexibility index (Phi) is 2.65. The summed E-state index contributed by atoms with van der Waals surface area (Å²) in [6.07, 6.45) is 0.739. The van der Waals surface area contributed by atoms with E-state index in [2.05, 4.69) is 0 Å². The Labute approximate surface area is 54.9 Å². The first-order valence-corrected chi connectivity index (χ1v) is 2.98. The van der Waals surface area contributed by atoms with Crippen LogP contribution < -0.4 is 5.73 Å². The SMILES string of the molecule is CC[C@@](C)(N)CC(=O)O. The molecule has 0 saturated heterocycles. The number of hydrogen-bond donors (Lipinski definition) is 2. The van der Waals surface area contributed by atoms with E-state index >= 15 is 0 Å². The summed E-state index contributed by atoms with van der Waals surface area (Å²) in [5.41, 5.74) is 5.00. The number of carboxylic acids is 1. The van der Waals surface area contributed by atoms with Gasteiger partial charge in [0.15, 0.2) is 0 Å². The topological polar surface area (TPSA) is 63.3 Å². The van der Waals surface area contributed by atoms with Crippen LogP contribution in [0.5, 0.6) is 0 Å². The van der Waals surface area contributed by atoms with E-state index in [9.17, 15) is 4.79 Å². The summed E-state index contributed by atoms with van der Waals surface area (Å²) in [6, 6.07) is 0. The second-order valence-corrected chi connectivity index (χ2v) is 2.58. The number of carbonyl (C=O) groups is 1. The third-order valence-electron chi connectivity index (χ3n) is 1.36. The number of aliphatic carboxylic acids is 1. The lowest BCUT2D eigenvalue weighted by Gasteiger charge is -2.19. The molecule has 9 heavy (non-hydrogen) atoms. The zero-order valence-corrected chi connectivity index (χ0v) is 5.85. The number of hydrogen-bond acceptors (Lipinski definition) is 2. The molecule has 0 aliphatic rings. The highest BCUT2D eigenvalue weighted by molar-refractivity contribution is 5.68. The second kappa shape index (κ2) is 2.82. The molecule has 3 N–H and O–H groups in total. The molecular weight excluding hydrogens is 118 g/mol. The van der Waals surface area contributed by atoms with Crippen LogP contribution in [-0.4, -0.2) is 16.6 Å². The van der Waals surface area contributed by atoms with Gasteiger partial charge in [-0.1, -0.05) is 6.92 Å². The molecule has 54 valence electrons. The molecule has 1 atom stereocenters. The third-order valence-corrected chi connectivity index (χ3v) is 1.36. The first-order valence-electron chi connectivity index (χ1n) is 2.98. The van der Waals surface area contributed by atoms with E-state index < -0.39 is 11.5 Å². The second-order valence-electron chi connectivity index (χ2n) is 2.58. The van der Waals surface area contributed by atoms with Gasteiger partial charge in [-0.2, -0.15) is 0 Å². The fourth-order valence-electron chi connectivity index (χ4n) is 0.470. The van der Waals surface area contributed by atoms with Gasteiger partial charge in [-0.3, -0.25) is 4.79 Å². The molecular formula is C6H13NO2. The summed E-state index contributed by atoms with van der Waals surface area (Å²) in [4.78, 5) is 10.1. The predicted octanol–water partition coefficient (Wildman–Crippen LogP) is 0.589. The minimum atomic E-state index is -0.832. The average Bonchev–Trinajstić information content (AvgIpc) is 1.63. The Balaban J connectivity index is 3.71. The van der Waals surface area contributed by atoms with Crippen molar-refractivity contribution in [1.29, 1.82) is 0 Å². The maximum atomic E-state index is 10.1. The molecule has 0 radical (unpaired) electrons. The normalized spacial score (nSPS) is 16.8. The standard InChI is InChI=1S/C6H13NO2/c1-3-6(2,7)4-5(8)9/h3-4,7H2,1-2H3,(H,8,9)/t6-/m1/s1. The first-order chi connectivity index (χ1) is 3.98. The molecule has 0 spiro atoms. The molecule has 0 aliphatic heterocycles. The van der Waals surface area contributed by atoms with E-state index in [0.717, 1.165) is 0 Å². The smallest absolute Gasteiger partial charge is 0.305 e. The highest BCUT2D eigenvalue weighted by Gasteiger charge is 2.18. The van der Waals surface area contributed by atoms with E-state index in [0.29, 0.717) is 6.42 Å². The Morgan fingerprint density at radius 3 is 2.33 bits per heavy atom. The third kappa shape index (κ3) is 3.97. The number of nitrogens with two attached hydrogens (primary N) is 1. The molecule has 0 heterocycles. The first kappa shape index (κ1) is 8.43. The molecule has 0 unspecified atom stereocenters.